The Labute approximate surface area is 325 Å². The van der Waals surface area contributed by atoms with Crippen molar-refractivity contribution in [2.75, 3.05) is 4.90 Å². The van der Waals surface area contributed by atoms with Crippen molar-refractivity contribution in [1.29, 1.82) is 0 Å². The molecule has 10 aromatic carbocycles. The summed E-state index contributed by atoms with van der Waals surface area (Å²) in [6.45, 7) is 0. The molecule has 2 heteroatoms. The number of para-hydroxylation sites is 2. The highest BCUT2D eigenvalue weighted by Crippen LogP contribution is 2.40. The van der Waals surface area contributed by atoms with Crippen molar-refractivity contribution in [3.63, 3.8) is 0 Å². The lowest BCUT2D eigenvalue weighted by Gasteiger charge is -2.26. The summed E-state index contributed by atoms with van der Waals surface area (Å²) in [6, 6.07) is 79.5. The van der Waals surface area contributed by atoms with Crippen LogP contribution < -0.4 is 4.90 Å². The molecule has 0 N–H and O–H groups in total. The molecule has 0 saturated carbocycles. The summed E-state index contributed by atoms with van der Waals surface area (Å²) < 4.78 is 2.38. The maximum Gasteiger partial charge on any atom is 0.0541 e. The standard InChI is InChI=1S/C54H36N2/c1-2-13-40-35-42(24-23-37(40)11-1)41-14-9-15-46(36-41)55(44-30-32-45(33-31-44)56-53-21-7-5-17-51(53)52-18-6-8-22-54(52)56)43-28-25-39(26-29-43)48-19-10-20-49-47-16-4-3-12-38(47)27-34-50(48)49/h1-36H. The average Bonchev–Trinajstić information content (AvgIpc) is 3.61. The zero-order valence-electron chi connectivity index (χ0n) is 30.7. The van der Waals surface area contributed by atoms with Crippen molar-refractivity contribution in [2.24, 2.45) is 0 Å². The summed E-state index contributed by atoms with van der Waals surface area (Å²) in [7, 11) is 0. The molecular formula is C54H36N2. The lowest BCUT2D eigenvalue weighted by Crippen LogP contribution is -2.10. The third kappa shape index (κ3) is 5.34. The number of aromatic nitrogens is 1. The van der Waals surface area contributed by atoms with Gasteiger partial charge >= 0.3 is 0 Å². The zero-order valence-corrected chi connectivity index (χ0v) is 30.7. The Morgan fingerprint density at radius 1 is 0.286 bits per heavy atom. The first-order valence-electron chi connectivity index (χ1n) is 19.3. The van der Waals surface area contributed by atoms with E-state index in [9.17, 15) is 0 Å². The Morgan fingerprint density at radius 2 is 0.839 bits per heavy atom. The van der Waals surface area contributed by atoms with Crippen LogP contribution in [-0.2, 0) is 0 Å². The van der Waals surface area contributed by atoms with Crippen molar-refractivity contribution in [2.45, 2.75) is 0 Å². The molecular weight excluding hydrogens is 677 g/mol. The summed E-state index contributed by atoms with van der Waals surface area (Å²) in [5.41, 5.74) is 11.7. The number of fused-ring (bicyclic) bond motifs is 7. The van der Waals surface area contributed by atoms with Gasteiger partial charge in [0.1, 0.15) is 0 Å². The van der Waals surface area contributed by atoms with Gasteiger partial charge in [-0.05, 0) is 121 Å². The first-order chi connectivity index (χ1) is 27.8. The van der Waals surface area contributed by atoms with Crippen LogP contribution in [0, 0.1) is 0 Å². The normalized spacial score (nSPS) is 11.6. The number of rotatable bonds is 6. The van der Waals surface area contributed by atoms with Crippen LogP contribution in [0.15, 0.2) is 218 Å². The predicted molar refractivity (Wildman–Crippen MR) is 239 cm³/mol. The Hall–Kier alpha value is -7.42. The maximum atomic E-state index is 2.38. The molecule has 262 valence electrons. The number of benzene rings is 10. The molecule has 0 radical (unpaired) electrons. The fourth-order valence-corrected chi connectivity index (χ4v) is 8.67. The minimum absolute atomic E-state index is 1.09. The van der Waals surface area contributed by atoms with Gasteiger partial charge in [-0.1, -0.05) is 152 Å². The van der Waals surface area contributed by atoms with Gasteiger partial charge in [-0.15, -0.1) is 0 Å². The lowest BCUT2D eigenvalue weighted by atomic mass is 9.94. The fraction of sp³-hybridized carbons (Fsp3) is 0. The predicted octanol–water partition coefficient (Wildman–Crippen LogP) is 15.0. The second-order valence-electron chi connectivity index (χ2n) is 14.6. The summed E-state index contributed by atoms with van der Waals surface area (Å²) in [5.74, 6) is 0. The number of anilines is 3. The smallest absolute Gasteiger partial charge is 0.0541 e. The molecule has 56 heavy (non-hydrogen) atoms. The molecule has 0 aliphatic heterocycles. The van der Waals surface area contributed by atoms with Gasteiger partial charge in [-0.2, -0.15) is 0 Å². The quantitative estimate of drug-likeness (QED) is 0.156. The first kappa shape index (κ1) is 32.0. The SMILES string of the molecule is c1cc(-c2ccc3ccccc3c2)cc(N(c2ccc(-c3cccc4c3ccc3ccccc34)cc2)c2ccc(-n3c4ccccc4c4ccccc43)cc2)c1. The van der Waals surface area contributed by atoms with Crippen LogP contribution in [0.3, 0.4) is 0 Å². The molecule has 0 spiro atoms. The minimum Gasteiger partial charge on any atom is -0.310 e. The molecule has 0 aliphatic carbocycles. The molecule has 0 atom stereocenters. The van der Waals surface area contributed by atoms with E-state index in [0.717, 1.165) is 22.7 Å². The number of nitrogens with zero attached hydrogens (tertiary/aromatic N) is 2. The average molecular weight is 713 g/mol. The van der Waals surface area contributed by atoms with Gasteiger partial charge in [0.25, 0.3) is 0 Å². The van der Waals surface area contributed by atoms with Crippen LogP contribution >= 0.6 is 0 Å². The van der Waals surface area contributed by atoms with Crippen molar-refractivity contribution in [3.05, 3.63) is 218 Å². The maximum absolute atomic E-state index is 2.38. The molecule has 2 nitrogen and oxygen atoms in total. The van der Waals surface area contributed by atoms with Crippen LogP contribution in [0.4, 0.5) is 17.1 Å². The lowest BCUT2D eigenvalue weighted by molar-refractivity contribution is 1.17. The van der Waals surface area contributed by atoms with Gasteiger partial charge in [0.2, 0.25) is 0 Å². The molecule has 1 aromatic heterocycles. The van der Waals surface area contributed by atoms with Gasteiger partial charge < -0.3 is 9.47 Å². The van der Waals surface area contributed by atoms with Crippen molar-refractivity contribution in [1.82, 2.24) is 4.57 Å². The van der Waals surface area contributed by atoms with Crippen molar-refractivity contribution >= 4 is 71.2 Å². The Bertz CT molecular complexity index is 3190. The zero-order chi connectivity index (χ0) is 37.0. The van der Waals surface area contributed by atoms with Crippen LogP contribution in [-0.4, -0.2) is 4.57 Å². The number of hydrogen-bond donors (Lipinski definition) is 0. The third-order valence-corrected chi connectivity index (χ3v) is 11.4. The van der Waals surface area contributed by atoms with E-state index in [4.69, 9.17) is 0 Å². The second-order valence-corrected chi connectivity index (χ2v) is 14.6. The van der Waals surface area contributed by atoms with Crippen LogP contribution in [0.25, 0.3) is 82.1 Å². The largest absolute Gasteiger partial charge is 0.310 e. The topological polar surface area (TPSA) is 8.17 Å². The Kier molecular flexibility index (Phi) is 7.53. The van der Waals surface area contributed by atoms with E-state index in [1.807, 2.05) is 0 Å². The van der Waals surface area contributed by atoms with Gasteiger partial charge in [0.05, 0.1) is 11.0 Å². The molecule has 11 rings (SSSR count). The third-order valence-electron chi connectivity index (χ3n) is 11.4. The van der Waals surface area contributed by atoms with Crippen molar-refractivity contribution < 1.29 is 0 Å². The minimum atomic E-state index is 1.09. The highest BCUT2D eigenvalue weighted by atomic mass is 15.1. The van der Waals surface area contributed by atoms with Gasteiger partial charge in [-0.3, -0.25) is 0 Å². The highest BCUT2D eigenvalue weighted by molar-refractivity contribution is 6.12. The number of hydrogen-bond acceptors (Lipinski definition) is 1. The molecule has 0 saturated heterocycles. The molecule has 0 aliphatic rings. The van der Waals surface area contributed by atoms with Gasteiger partial charge in [0.15, 0.2) is 0 Å². The van der Waals surface area contributed by atoms with Crippen LogP contribution in [0.5, 0.6) is 0 Å². The summed E-state index contributed by atoms with van der Waals surface area (Å²) >= 11 is 0. The van der Waals surface area contributed by atoms with Crippen LogP contribution in [0.1, 0.15) is 0 Å². The van der Waals surface area contributed by atoms with Crippen LogP contribution in [0.2, 0.25) is 0 Å². The summed E-state index contributed by atoms with van der Waals surface area (Å²) in [5, 5.41) is 10.1. The Morgan fingerprint density at radius 3 is 1.59 bits per heavy atom. The summed E-state index contributed by atoms with van der Waals surface area (Å²) in [4.78, 5) is 2.38. The van der Waals surface area contributed by atoms with E-state index >= 15 is 0 Å². The van der Waals surface area contributed by atoms with E-state index in [1.54, 1.807) is 0 Å². The molecule has 1 heterocycles. The van der Waals surface area contributed by atoms with Gasteiger partial charge in [-0.25, -0.2) is 0 Å². The second kappa shape index (κ2) is 13.2. The Balaban J connectivity index is 1.03. The molecule has 0 amide bonds. The van der Waals surface area contributed by atoms with E-state index in [1.165, 1.54) is 76.4 Å². The molecule has 0 unspecified atom stereocenters. The van der Waals surface area contributed by atoms with E-state index in [0.29, 0.717) is 0 Å². The van der Waals surface area contributed by atoms with Gasteiger partial charge in [0, 0.05) is 33.5 Å². The van der Waals surface area contributed by atoms with E-state index < -0.39 is 0 Å². The molecule has 11 aromatic rings. The molecule has 0 fully saturated rings. The highest BCUT2D eigenvalue weighted by Gasteiger charge is 2.17. The monoisotopic (exact) mass is 712 g/mol. The van der Waals surface area contributed by atoms with E-state index in [-0.39, 0.29) is 0 Å². The van der Waals surface area contributed by atoms with Crippen molar-refractivity contribution in [3.8, 4) is 27.9 Å². The molecule has 0 bridgehead atoms. The van der Waals surface area contributed by atoms with E-state index in [2.05, 4.69) is 228 Å². The summed E-state index contributed by atoms with van der Waals surface area (Å²) in [6.07, 6.45) is 0. The first-order valence-corrected chi connectivity index (χ1v) is 19.3. The fourth-order valence-electron chi connectivity index (χ4n) is 8.67.